The zero-order valence-electron chi connectivity index (χ0n) is 15.9. The zero-order chi connectivity index (χ0) is 22.3. The van der Waals surface area contributed by atoms with Gasteiger partial charge in [0.15, 0.2) is 4.32 Å². The van der Waals surface area contributed by atoms with Gasteiger partial charge in [-0.15, -0.1) is 11.3 Å². The van der Waals surface area contributed by atoms with Crippen LogP contribution in [0.4, 0.5) is 18.9 Å². The third-order valence-electron chi connectivity index (χ3n) is 4.55. The summed E-state index contributed by atoms with van der Waals surface area (Å²) in [5, 5.41) is 0.229. The molecule has 0 N–H and O–H groups in total. The molecule has 2 nitrogen and oxygen atoms in total. The maximum atomic E-state index is 13.1. The lowest BCUT2D eigenvalue weighted by molar-refractivity contribution is -0.137. The van der Waals surface area contributed by atoms with Gasteiger partial charge in [-0.05, 0) is 55.5 Å². The number of amides is 1. The largest absolute Gasteiger partial charge is 0.416 e. The van der Waals surface area contributed by atoms with Gasteiger partial charge in [0, 0.05) is 20.3 Å². The van der Waals surface area contributed by atoms with Crippen molar-refractivity contribution in [3.63, 3.8) is 0 Å². The molecular weight excluding hydrogens is 483 g/mol. The van der Waals surface area contributed by atoms with Crippen molar-refractivity contribution in [2.24, 2.45) is 0 Å². The van der Waals surface area contributed by atoms with E-state index in [4.69, 9.17) is 23.8 Å². The van der Waals surface area contributed by atoms with Crippen LogP contribution in [0.3, 0.4) is 0 Å². The van der Waals surface area contributed by atoms with E-state index in [2.05, 4.69) is 0 Å². The van der Waals surface area contributed by atoms with E-state index >= 15 is 0 Å². The zero-order valence-corrected chi connectivity index (χ0v) is 19.1. The second kappa shape index (κ2) is 8.43. The number of halogens is 4. The molecule has 0 atom stereocenters. The number of carbonyl (C=O) groups is 1. The van der Waals surface area contributed by atoms with E-state index in [1.165, 1.54) is 34.1 Å². The minimum Gasteiger partial charge on any atom is -0.268 e. The minimum absolute atomic E-state index is 0.229. The highest BCUT2D eigenvalue weighted by Crippen LogP contribution is 2.41. The maximum absolute atomic E-state index is 13.1. The Balaban J connectivity index is 1.63. The molecular formula is C22H13ClF3NOS3. The number of benzene rings is 2. The Hall–Kier alpha value is -2.13. The SMILES string of the molecule is Cc1ccc(N2C(=O)/C(=C\c3ccc(-c4cc(C(F)(F)F)ccc4Cl)s3)SC2=S)cc1. The highest BCUT2D eigenvalue weighted by molar-refractivity contribution is 8.27. The summed E-state index contributed by atoms with van der Waals surface area (Å²) < 4.78 is 39.6. The number of aryl methyl sites for hydroxylation is 1. The average Bonchev–Trinajstić information content (AvgIpc) is 3.27. The summed E-state index contributed by atoms with van der Waals surface area (Å²) >= 11 is 14.0. The summed E-state index contributed by atoms with van der Waals surface area (Å²) in [5.41, 5.74) is 1.30. The van der Waals surface area contributed by atoms with E-state index in [-0.39, 0.29) is 10.9 Å². The normalized spacial score (nSPS) is 15.9. The van der Waals surface area contributed by atoms with E-state index in [9.17, 15) is 18.0 Å². The molecule has 2 aromatic carbocycles. The van der Waals surface area contributed by atoms with Crippen LogP contribution in [-0.2, 0) is 11.0 Å². The van der Waals surface area contributed by atoms with Gasteiger partial charge in [0.25, 0.3) is 5.91 Å². The molecule has 158 valence electrons. The lowest BCUT2D eigenvalue weighted by atomic mass is 10.1. The van der Waals surface area contributed by atoms with Crippen molar-refractivity contribution in [3.8, 4) is 10.4 Å². The van der Waals surface area contributed by atoms with Crippen molar-refractivity contribution in [1.29, 1.82) is 0 Å². The lowest BCUT2D eigenvalue weighted by Gasteiger charge is -2.14. The van der Waals surface area contributed by atoms with Gasteiger partial charge >= 0.3 is 6.18 Å². The predicted octanol–water partition coefficient (Wildman–Crippen LogP) is 7.80. The Morgan fingerprint density at radius 1 is 1.06 bits per heavy atom. The van der Waals surface area contributed by atoms with E-state index < -0.39 is 11.7 Å². The molecule has 4 rings (SSSR count). The molecule has 1 aromatic heterocycles. The Bertz CT molecular complexity index is 1220. The second-order valence-corrected chi connectivity index (χ2v) is 9.95. The van der Waals surface area contributed by atoms with Gasteiger partial charge in [-0.25, -0.2) is 0 Å². The van der Waals surface area contributed by atoms with Gasteiger partial charge in [-0.1, -0.05) is 53.3 Å². The van der Waals surface area contributed by atoms with Gasteiger partial charge in [0.2, 0.25) is 0 Å². The first kappa shape index (κ1) is 22.1. The van der Waals surface area contributed by atoms with Crippen molar-refractivity contribution < 1.29 is 18.0 Å². The van der Waals surface area contributed by atoms with E-state index in [0.717, 1.165) is 17.7 Å². The highest BCUT2D eigenvalue weighted by atomic mass is 35.5. The first-order valence-electron chi connectivity index (χ1n) is 8.95. The fourth-order valence-electron chi connectivity index (χ4n) is 2.98. The summed E-state index contributed by atoms with van der Waals surface area (Å²) in [7, 11) is 0. The number of hydrogen-bond acceptors (Lipinski definition) is 4. The first-order chi connectivity index (χ1) is 14.6. The van der Waals surface area contributed by atoms with Gasteiger partial charge in [-0.2, -0.15) is 13.2 Å². The van der Waals surface area contributed by atoms with Crippen LogP contribution in [-0.4, -0.2) is 10.2 Å². The van der Waals surface area contributed by atoms with Crippen LogP contribution in [0.25, 0.3) is 16.5 Å². The number of thiocarbonyl (C=S) groups is 1. The van der Waals surface area contributed by atoms with Crippen LogP contribution >= 0.6 is 46.9 Å². The summed E-state index contributed by atoms with van der Waals surface area (Å²) in [6.07, 6.45) is -2.76. The molecule has 0 aliphatic carbocycles. The highest BCUT2D eigenvalue weighted by Gasteiger charge is 2.33. The van der Waals surface area contributed by atoms with E-state index in [1.54, 1.807) is 18.2 Å². The summed E-state index contributed by atoms with van der Waals surface area (Å²) in [5.74, 6) is -0.231. The monoisotopic (exact) mass is 495 g/mol. The van der Waals surface area contributed by atoms with E-state index in [1.807, 2.05) is 31.2 Å². The second-order valence-electron chi connectivity index (χ2n) is 6.75. The third kappa shape index (κ3) is 4.57. The number of carbonyl (C=O) groups excluding carboxylic acids is 1. The first-order valence-corrected chi connectivity index (χ1v) is 11.4. The molecule has 1 saturated heterocycles. The van der Waals surface area contributed by atoms with E-state index in [0.29, 0.717) is 30.2 Å². The number of thiophene rings is 1. The van der Waals surface area contributed by atoms with Crippen LogP contribution in [0.5, 0.6) is 0 Å². The van der Waals surface area contributed by atoms with Crippen LogP contribution in [0.15, 0.2) is 59.5 Å². The molecule has 3 aromatic rings. The quantitative estimate of drug-likeness (QED) is 0.273. The average molecular weight is 496 g/mol. The van der Waals surface area contributed by atoms with Crippen LogP contribution in [0, 0.1) is 6.92 Å². The van der Waals surface area contributed by atoms with Gasteiger partial charge in [0.05, 0.1) is 16.2 Å². The number of alkyl halides is 3. The fraction of sp³-hybridized carbons (Fsp3) is 0.0909. The van der Waals surface area contributed by atoms with Crippen LogP contribution in [0.2, 0.25) is 5.02 Å². The molecule has 1 aliphatic rings. The van der Waals surface area contributed by atoms with Crippen molar-refractivity contribution in [1.82, 2.24) is 0 Å². The topological polar surface area (TPSA) is 20.3 Å². The van der Waals surface area contributed by atoms with Crippen LogP contribution < -0.4 is 4.90 Å². The molecule has 1 fully saturated rings. The van der Waals surface area contributed by atoms with Crippen molar-refractivity contribution in [2.45, 2.75) is 13.1 Å². The smallest absolute Gasteiger partial charge is 0.268 e. The summed E-state index contributed by atoms with van der Waals surface area (Å²) in [4.78, 5) is 16.1. The van der Waals surface area contributed by atoms with Gasteiger partial charge < -0.3 is 0 Å². The van der Waals surface area contributed by atoms with Crippen molar-refractivity contribution >= 4 is 68.9 Å². The summed E-state index contributed by atoms with van der Waals surface area (Å²) in [6.45, 7) is 1.96. The molecule has 0 unspecified atom stereocenters. The van der Waals surface area contributed by atoms with Crippen molar-refractivity contribution in [2.75, 3.05) is 4.90 Å². The minimum atomic E-state index is -4.45. The Morgan fingerprint density at radius 2 is 1.77 bits per heavy atom. The Labute approximate surface area is 195 Å². The Kier molecular flexibility index (Phi) is 6.00. The molecule has 0 bridgehead atoms. The molecule has 1 aliphatic heterocycles. The third-order valence-corrected chi connectivity index (χ3v) is 7.24. The standard InChI is InChI=1S/C22H13ClF3NOS3/c1-12-2-5-14(6-3-12)27-20(28)19(31-21(27)29)11-15-7-9-18(30-15)16-10-13(22(24,25)26)4-8-17(16)23/h2-11H,1H3/b19-11+. The molecule has 0 spiro atoms. The fourth-order valence-corrected chi connectivity index (χ4v) is 5.60. The van der Waals surface area contributed by atoms with Crippen LogP contribution in [0.1, 0.15) is 16.0 Å². The predicted molar refractivity (Wildman–Crippen MR) is 127 cm³/mol. The number of anilines is 1. The molecule has 2 heterocycles. The lowest BCUT2D eigenvalue weighted by Crippen LogP contribution is -2.27. The molecule has 9 heteroatoms. The summed E-state index contributed by atoms with van der Waals surface area (Å²) in [6, 6.07) is 14.2. The molecule has 0 radical (unpaired) electrons. The Morgan fingerprint density at radius 3 is 2.45 bits per heavy atom. The number of hydrogen-bond donors (Lipinski definition) is 0. The van der Waals surface area contributed by atoms with Gasteiger partial charge in [0.1, 0.15) is 0 Å². The molecule has 31 heavy (non-hydrogen) atoms. The number of rotatable bonds is 3. The molecule has 0 saturated carbocycles. The molecule has 1 amide bonds. The number of nitrogens with zero attached hydrogens (tertiary/aromatic N) is 1. The number of thioether (sulfide) groups is 1. The van der Waals surface area contributed by atoms with Crippen molar-refractivity contribution in [3.05, 3.63) is 80.5 Å². The van der Waals surface area contributed by atoms with Gasteiger partial charge in [-0.3, -0.25) is 9.69 Å². The maximum Gasteiger partial charge on any atom is 0.416 e.